The number of ether oxygens (including phenoxy) is 1. The Balaban J connectivity index is 1.72. The van der Waals surface area contributed by atoms with Crippen LogP contribution >= 0.6 is 0 Å². The molecule has 0 unspecified atom stereocenters. The lowest BCUT2D eigenvalue weighted by molar-refractivity contribution is -0.127. The Morgan fingerprint density at radius 3 is 2.57 bits per heavy atom. The minimum atomic E-state index is 0.0264. The van der Waals surface area contributed by atoms with Gasteiger partial charge in [0, 0.05) is 5.92 Å². The Morgan fingerprint density at radius 1 is 1.33 bits per heavy atom. The van der Waals surface area contributed by atoms with Crippen LogP contribution in [0.5, 0.6) is 5.75 Å². The third kappa shape index (κ3) is 5.05. The van der Waals surface area contributed by atoms with Crippen molar-refractivity contribution in [3.63, 3.8) is 0 Å². The molecule has 1 aliphatic heterocycles. The average Bonchev–Trinajstić information content (AvgIpc) is 2.47. The number of nitrogens with zero attached hydrogens (tertiary/aromatic N) is 1. The summed E-state index contributed by atoms with van der Waals surface area (Å²) in [4.78, 5) is 14.5. The van der Waals surface area contributed by atoms with E-state index in [1.807, 2.05) is 38.1 Å². The van der Waals surface area contributed by atoms with Crippen molar-refractivity contribution >= 4 is 5.91 Å². The van der Waals surface area contributed by atoms with Crippen LogP contribution in [0.3, 0.4) is 0 Å². The zero-order chi connectivity index (χ0) is 15.2. The van der Waals surface area contributed by atoms with Crippen molar-refractivity contribution in [3.05, 3.63) is 29.8 Å². The molecule has 2 rings (SSSR count). The maximum atomic E-state index is 12.2. The van der Waals surface area contributed by atoms with Gasteiger partial charge in [-0.1, -0.05) is 17.7 Å². The molecule has 0 spiro atoms. The van der Waals surface area contributed by atoms with Crippen LogP contribution in [0, 0.1) is 12.8 Å². The summed E-state index contributed by atoms with van der Waals surface area (Å²) < 4.78 is 5.71. The summed E-state index contributed by atoms with van der Waals surface area (Å²) in [6.45, 7) is 6.55. The number of likely N-dealkylation sites (tertiary alicyclic amines) is 1. The molecule has 1 aromatic rings. The van der Waals surface area contributed by atoms with Crippen LogP contribution in [0.25, 0.3) is 0 Å². The van der Waals surface area contributed by atoms with Crippen molar-refractivity contribution in [2.75, 3.05) is 26.7 Å². The van der Waals surface area contributed by atoms with Crippen LogP contribution in [0.1, 0.15) is 25.3 Å². The Bertz CT molecular complexity index is 450. The third-order valence-electron chi connectivity index (χ3n) is 4.00. The van der Waals surface area contributed by atoms with Crippen molar-refractivity contribution in [1.29, 1.82) is 0 Å². The molecular formula is C17H26N2O2. The van der Waals surface area contributed by atoms with Gasteiger partial charge in [0.2, 0.25) is 5.91 Å². The normalized spacial score (nSPS) is 18.2. The maximum absolute atomic E-state index is 12.2. The number of amides is 1. The van der Waals surface area contributed by atoms with E-state index in [0.717, 1.165) is 31.7 Å². The van der Waals surface area contributed by atoms with Gasteiger partial charge in [-0.2, -0.15) is 0 Å². The SMILES string of the molecule is Cc1ccc(OC[C@@H](C)NC(=O)C2CCN(C)CC2)cc1. The number of benzene rings is 1. The maximum Gasteiger partial charge on any atom is 0.223 e. The van der Waals surface area contributed by atoms with Crippen LogP contribution in [-0.4, -0.2) is 43.6 Å². The van der Waals surface area contributed by atoms with Crippen molar-refractivity contribution in [1.82, 2.24) is 10.2 Å². The number of hydrogen-bond acceptors (Lipinski definition) is 3. The molecule has 0 bridgehead atoms. The van der Waals surface area contributed by atoms with E-state index in [0.29, 0.717) is 6.61 Å². The Morgan fingerprint density at radius 2 is 1.95 bits per heavy atom. The van der Waals surface area contributed by atoms with Gasteiger partial charge in [-0.25, -0.2) is 0 Å². The van der Waals surface area contributed by atoms with Gasteiger partial charge in [-0.05, 0) is 59.0 Å². The van der Waals surface area contributed by atoms with Crippen molar-refractivity contribution < 1.29 is 9.53 Å². The van der Waals surface area contributed by atoms with E-state index in [-0.39, 0.29) is 17.9 Å². The molecule has 0 radical (unpaired) electrons. The van der Waals surface area contributed by atoms with E-state index in [1.165, 1.54) is 5.56 Å². The number of carbonyl (C=O) groups is 1. The molecule has 0 aliphatic carbocycles. The van der Waals surface area contributed by atoms with Gasteiger partial charge in [-0.3, -0.25) is 4.79 Å². The van der Waals surface area contributed by atoms with Gasteiger partial charge in [0.25, 0.3) is 0 Å². The summed E-state index contributed by atoms with van der Waals surface area (Å²) in [7, 11) is 2.10. The van der Waals surface area contributed by atoms with Crippen LogP contribution in [-0.2, 0) is 4.79 Å². The molecule has 1 fully saturated rings. The zero-order valence-corrected chi connectivity index (χ0v) is 13.3. The summed E-state index contributed by atoms with van der Waals surface area (Å²) in [5.41, 5.74) is 1.21. The van der Waals surface area contributed by atoms with Crippen LogP contribution in [0.4, 0.5) is 0 Å². The monoisotopic (exact) mass is 290 g/mol. The first kappa shape index (κ1) is 15.8. The van der Waals surface area contributed by atoms with Crippen molar-refractivity contribution in [3.8, 4) is 5.75 Å². The largest absolute Gasteiger partial charge is 0.491 e. The first-order valence-corrected chi connectivity index (χ1v) is 7.73. The highest BCUT2D eigenvalue weighted by molar-refractivity contribution is 5.79. The van der Waals surface area contributed by atoms with Gasteiger partial charge in [0.15, 0.2) is 0 Å². The molecule has 1 amide bonds. The predicted octanol–water partition coefficient (Wildman–Crippen LogP) is 2.22. The molecule has 1 aromatic carbocycles. The molecule has 0 saturated carbocycles. The second-order valence-electron chi connectivity index (χ2n) is 6.11. The molecule has 1 N–H and O–H groups in total. The van der Waals surface area contributed by atoms with E-state index >= 15 is 0 Å². The lowest BCUT2D eigenvalue weighted by Crippen LogP contribution is -2.43. The van der Waals surface area contributed by atoms with Gasteiger partial charge in [0.05, 0.1) is 6.04 Å². The summed E-state index contributed by atoms with van der Waals surface area (Å²) >= 11 is 0. The van der Waals surface area contributed by atoms with Gasteiger partial charge >= 0.3 is 0 Å². The van der Waals surface area contributed by atoms with Crippen LogP contribution in [0.15, 0.2) is 24.3 Å². The number of piperidine rings is 1. The van der Waals surface area contributed by atoms with Gasteiger partial charge in [0.1, 0.15) is 12.4 Å². The van der Waals surface area contributed by atoms with E-state index in [9.17, 15) is 4.79 Å². The molecule has 1 atom stereocenters. The van der Waals surface area contributed by atoms with E-state index in [4.69, 9.17) is 4.74 Å². The van der Waals surface area contributed by atoms with Crippen molar-refractivity contribution in [2.45, 2.75) is 32.7 Å². The highest BCUT2D eigenvalue weighted by atomic mass is 16.5. The Labute approximate surface area is 127 Å². The molecule has 0 aromatic heterocycles. The molecule has 4 heteroatoms. The van der Waals surface area contributed by atoms with Gasteiger partial charge in [-0.15, -0.1) is 0 Å². The fraction of sp³-hybridized carbons (Fsp3) is 0.588. The molecule has 1 saturated heterocycles. The third-order valence-corrected chi connectivity index (χ3v) is 4.00. The minimum Gasteiger partial charge on any atom is -0.491 e. The van der Waals surface area contributed by atoms with Gasteiger partial charge < -0.3 is 15.0 Å². The molecular weight excluding hydrogens is 264 g/mol. The predicted molar refractivity (Wildman–Crippen MR) is 84.5 cm³/mol. The molecule has 4 nitrogen and oxygen atoms in total. The Hall–Kier alpha value is -1.55. The summed E-state index contributed by atoms with van der Waals surface area (Å²) in [6.07, 6.45) is 1.90. The zero-order valence-electron chi connectivity index (χ0n) is 13.3. The number of nitrogens with one attached hydrogen (secondary N) is 1. The summed E-state index contributed by atoms with van der Waals surface area (Å²) in [5, 5.41) is 3.06. The van der Waals surface area contributed by atoms with Crippen LogP contribution < -0.4 is 10.1 Å². The first-order valence-electron chi connectivity index (χ1n) is 7.73. The fourth-order valence-corrected chi connectivity index (χ4v) is 2.53. The second kappa shape index (κ2) is 7.46. The molecule has 1 heterocycles. The second-order valence-corrected chi connectivity index (χ2v) is 6.11. The quantitative estimate of drug-likeness (QED) is 0.904. The van der Waals surface area contributed by atoms with E-state index in [1.54, 1.807) is 0 Å². The lowest BCUT2D eigenvalue weighted by atomic mass is 9.96. The highest BCUT2D eigenvalue weighted by Gasteiger charge is 2.24. The molecule has 116 valence electrons. The summed E-state index contributed by atoms with van der Waals surface area (Å²) in [6, 6.07) is 7.99. The Kier molecular flexibility index (Phi) is 5.62. The van der Waals surface area contributed by atoms with Crippen molar-refractivity contribution in [2.24, 2.45) is 5.92 Å². The topological polar surface area (TPSA) is 41.6 Å². The van der Waals surface area contributed by atoms with E-state index in [2.05, 4.69) is 17.3 Å². The minimum absolute atomic E-state index is 0.0264. The van der Waals surface area contributed by atoms with E-state index < -0.39 is 0 Å². The number of carbonyl (C=O) groups excluding carboxylic acids is 1. The fourth-order valence-electron chi connectivity index (χ4n) is 2.53. The smallest absolute Gasteiger partial charge is 0.223 e. The lowest BCUT2D eigenvalue weighted by Gasteiger charge is -2.29. The number of rotatable bonds is 5. The molecule has 1 aliphatic rings. The van der Waals surface area contributed by atoms with Crippen LogP contribution in [0.2, 0.25) is 0 Å². The molecule has 21 heavy (non-hydrogen) atoms. The highest BCUT2D eigenvalue weighted by Crippen LogP contribution is 2.16. The number of hydrogen-bond donors (Lipinski definition) is 1. The standard InChI is InChI=1S/C17H26N2O2/c1-13-4-6-16(7-5-13)21-12-14(2)18-17(20)15-8-10-19(3)11-9-15/h4-7,14-15H,8-12H2,1-3H3,(H,18,20)/t14-/m1/s1. The first-order chi connectivity index (χ1) is 10.0. The summed E-state index contributed by atoms with van der Waals surface area (Å²) in [5.74, 6) is 1.17. The average molecular weight is 290 g/mol. The number of aryl methyl sites for hydroxylation is 1.